The Hall–Kier alpha value is -1.08. The summed E-state index contributed by atoms with van der Waals surface area (Å²) in [5.74, 6) is 0.106. The molecule has 0 aliphatic carbocycles. The summed E-state index contributed by atoms with van der Waals surface area (Å²) in [6.45, 7) is 5.91. The SMILES string of the molecule is O=C(c1ccccc1SN1CCOCC1)N1CCOCC1. The number of hydrogen-bond donors (Lipinski definition) is 0. The van der Waals surface area contributed by atoms with Crippen LogP contribution in [0.25, 0.3) is 0 Å². The van der Waals surface area contributed by atoms with Crippen molar-refractivity contribution in [1.82, 2.24) is 9.21 Å². The number of carbonyl (C=O) groups excluding carboxylic acids is 1. The van der Waals surface area contributed by atoms with Crippen LogP contribution in [0.2, 0.25) is 0 Å². The molecule has 2 saturated heterocycles. The van der Waals surface area contributed by atoms with Crippen LogP contribution in [0, 0.1) is 0 Å². The molecular weight excluding hydrogens is 288 g/mol. The summed E-state index contributed by atoms with van der Waals surface area (Å²) in [5.41, 5.74) is 0.788. The maximum atomic E-state index is 12.7. The molecule has 6 heteroatoms. The van der Waals surface area contributed by atoms with E-state index in [4.69, 9.17) is 9.47 Å². The molecule has 0 unspecified atom stereocenters. The molecule has 0 radical (unpaired) electrons. The molecule has 2 fully saturated rings. The molecule has 0 N–H and O–H groups in total. The van der Waals surface area contributed by atoms with E-state index < -0.39 is 0 Å². The molecule has 114 valence electrons. The van der Waals surface area contributed by atoms with Crippen molar-refractivity contribution in [3.05, 3.63) is 29.8 Å². The van der Waals surface area contributed by atoms with Crippen molar-refractivity contribution >= 4 is 17.9 Å². The van der Waals surface area contributed by atoms with Crippen molar-refractivity contribution in [1.29, 1.82) is 0 Å². The van der Waals surface area contributed by atoms with E-state index in [1.807, 2.05) is 29.2 Å². The van der Waals surface area contributed by atoms with E-state index in [2.05, 4.69) is 4.31 Å². The first-order valence-corrected chi connectivity index (χ1v) is 8.08. The number of ether oxygens (including phenoxy) is 2. The topological polar surface area (TPSA) is 42.0 Å². The van der Waals surface area contributed by atoms with Gasteiger partial charge in [0.15, 0.2) is 0 Å². The maximum Gasteiger partial charge on any atom is 0.255 e. The van der Waals surface area contributed by atoms with Gasteiger partial charge < -0.3 is 14.4 Å². The molecular formula is C15H20N2O3S. The Morgan fingerprint density at radius 2 is 1.57 bits per heavy atom. The summed E-state index contributed by atoms with van der Waals surface area (Å²) >= 11 is 1.66. The standard InChI is InChI=1S/C15H20N2O3S/c18-15(16-5-9-19-10-6-16)13-3-1-2-4-14(13)21-17-7-11-20-12-8-17/h1-4H,5-12H2. The zero-order chi connectivity index (χ0) is 14.5. The first kappa shape index (κ1) is 14.8. The quantitative estimate of drug-likeness (QED) is 0.792. The Balaban J connectivity index is 1.73. The van der Waals surface area contributed by atoms with E-state index >= 15 is 0 Å². The minimum absolute atomic E-state index is 0.106. The van der Waals surface area contributed by atoms with Gasteiger partial charge in [-0.1, -0.05) is 12.1 Å². The molecule has 3 rings (SSSR count). The molecule has 1 aromatic rings. The van der Waals surface area contributed by atoms with Gasteiger partial charge in [0, 0.05) is 31.1 Å². The summed E-state index contributed by atoms with van der Waals surface area (Å²) in [6.07, 6.45) is 0. The smallest absolute Gasteiger partial charge is 0.255 e. The monoisotopic (exact) mass is 308 g/mol. The number of hydrogen-bond acceptors (Lipinski definition) is 5. The third-order valence-corrected chi connectivity index (χ3v) is 4.79. The number of rotatable bonds is 3. The first-order chi connectivity index (χ1) is 10.3. The second kappa shape index (κ2) is 7.26. The summed E-state index contributed by atoms with van der Waals surface area (Å²) in [6, 6.07) is 7.85. The summed E-state index contributed by atoms with van der Waals surface area (Å²) in [4.78, 5) is 15.6. The van der Waals surface area contributed by atoms with E-state index in [9.17, 15) is 4.79 Å². The largest absolute Gasteiger partial charge is 0.379 e. The van der Waals surface area contributed by atoms with E-state index in [0.29, 0.717) is 26.3 Å². The second-order valence-electron chi connectivity index (χ2n) is 5.03. The highest BCUT2D eigenvalue weighted by Crippen LogP contribution is 2.28. The number of carbonyl (C=O) groups is 1. The van der Waals surface area contributed by atoms with E-state index in [1.54, 1.807) is 11.9 Å². The highest BCUT2D eigenvalue weighted by atomic mass is 32.2. The Kier molecular flexibility index (Phi) is 5.13. The van der Waals surface area contributed by atoms with Gasteiger partial charge in [-0.15, -0.1) is 0 Å². The molecule has 2 aliphatic heterocycles. The molecule has 0 saturated carbocycles. The van der Waals surface area contributed by atoms with Crippen LogP contribution in [-0.4, -0.2) is 67.7 Å². The van der Waals surface area contributed by atoms with E-state index in [0.717, 1.165) is 36.8 Å². The lowest BCUT2D eigenvalue weighted by atomic mass is 10.2. The highest BCUT2D eigenvalue weighted by molar-refractivity contribution is 7.97. The zero-order valence-corrected chi connectivity index (χ0v) is 12.8. The molecule has 2 aliphatic rings. The molecule has 0 bridgehead atoms. The van der Waals surface area contributed by atoms with Crippen molar-refractivity contribution in [2.45, 2.75) is 4.90 Å². The third-order valence-electron chi connectivity index (χ3n) is 3.61. The lowest BCUT2D eigenvalue weighted by molar-refractivity contribution is 0.0300. The van der Waals surface area contributed by atoms with Crippen molar-refractivity contribution in [3.8, 4) is 0 Å². The molecule has 1 aromatic carbocycles. The zero-order valence-electron chi connectivity index (χ0n) is 12.0. The Bertz CT molecular complexity index is 486. The van der Waals surface area contributed by atoms with Gasteiger partial charge in [-0.25, -0.2) is 4.31 Å². The number of morpholine rings is 2. The van der Waals surface area contributed by atoms with Crippen LogP contribution in [0.5, 0.6) is 0 Å². The van der Waals surface area contributed by atoms with Crippen molar-refractivity contribution in [2.24, 2.45) is 0 Å². The maximum absolute atomic E-state index is 12.7. The van der Waals surface area contributed by atoms with E-state index in [-0.39, 0.29) is 5.91 Å². The number of benzene rings is 1. The van der Waals surface area contributed by atoms with Gasteiger partial charge in [0.1, 0.15) is 0 Å². The minimum atomic E-state index is 0.106. The molecule has 0 aromatic heterocycles. The van der Waals surface area contributed by atoms with Gasteiger partial charge in [-0.05, 0) is 24.1 Å². The summed E-state index contributed by atoms with van der Waals surface area (Å²) < 4.78 is 12.9. The second-order valence-corrected chi connectivity index (χ2v) is 6.17. The Morgan fingerprint density at radius 1 is 0.952 bits per heavy atom. The van der Waals surface area contributed by atoms with Gasteiger partial charge in [-0.3, -0.25) is 4.79 Å². The van der Waals surface area contributed by atoms with Crippen LogP contribution in [0.1, 0.15) is 10.4 Å². The Labute approximate surface area is 129 Å². The summed E-state index contributed by atoms with van der Waals surface area (Å²) in [5, 5.41) is 0. The van der Waals surface area contributed by atoms with Crippen LogP contribution in [0.4, 0.5) is 0 Å². The fourth-order valence-electron chi connectivity index (χ4n) is 2.44. The lowest BCUT2D eigenvalue weighted by Crippen LogP contribution is -2.41. The average molecular weight is 308 g/mol. The fraction of sp³-hybridized carbons (Fsp3) is 0.533. The fourth-order valence-corrected chi connectivity index (χ4v) is 3.44. The molecule has 0 atom stereocenters. The molecule has 21 heavy (non-hydrogen) atoms. The predicted octanol–water partition coefficient (Wildman–Crippen LogP) is 1.50. The molecule has 2 heterocycles. The van der Waals surface area contributed by atoms with Crippen LogP contribution in [0.15, 0.2) is 29.2 Å². The number of amides is 1. The Morgan fingerprint density at radius 3 is 2.29 bits per heavy atom. The van der Waals surface area contributed by atoms with Crippen molar-refractivity contribution in [2.75, 3.05) is 52.6 Å². The minimum Gasteiger partial charge on any atom is -0.379 e. The first-order valence-electron chi connectivity index (χ1n) is 7.31. The molecule has 5 nitrogen and oxygen atoms in total. The van der Waals surface area contributed by atoms with E-state index in [1.165, 1.54) is 0 Å². The van der Waals surface area contributed by atoms with Crippen LogP contribution in [0.3, 0.4) is 0 Å². The van der Waals surface area contributed by atoms with Crippen LogP contribution >= 0.6 is 11.9 Å². The molecule has 1 amide bonds. The van der Waals surface area contributed by atoms with Crippen LogP contribution < -0.4 is 0 Å². The number of nitrogens with zero attached hydrogens (tertiary/aromatic N) is 2. The van der Waals surface area contributed by atoms with Crippen molar-refractivity contribution < 1.29 is 14.3 Å². The highest BCUT2D eigenvalue weighted by Gasteiger charge is 2.22. The average Bonchev–Trinajstić information content (AvgIpc) is 2.56. The normalized spacial score (nSPS) is 20.5. The van der Waals surface area contributed by atoms with Gasteiger partial charge >= 0.3 is 0 Å². The third kappa shape index (κ3) is 3.77. The molecule has 0 spiro atoms. The lowest BCUT2D eigenvalue weighted by Gasteiger charge is -2.29. The van der Waals surface area contributed by atoms with Crippen molar-refractivity contribution in [3.63, 3.8) is 0 Å². The van der Waals surface area contributed by atoms with Gasteiger partial charge in [0.2, 0.25) is 0 Å². The van der Waals surface area contributed by atoms with Gasteiger partial charge in [-0.2, -0.15) is 0 Å². The summed E-state index contributed by atoms with van der Waals surface area (Å²) in [7, 11) is 0. The van der Waals surface area contributed by atoms with Crippen LogP contribution in [-0.2, 0) is 9.47 Å². The van der Waals surface area contributed by atoms with Gasteiger partial charge in [0.05, 0.1) is 32.0 Å². The predicted molar refractivity (Wildman–Crippen MR) is 81.4 cm³/mol. The van der Waals surface area contributed by atoms with Gasteiger partial charge in [0.25, 0.3) is 5.91 Å².